The number of halogens is 2. The Morgan fingerprint density at radius 1 is 1.10 bits per heavy atom. The van der Waals surface area contributed by atoms with Crippen molar-refractivity contribution in [1.29, 1.82) is 0 Å². The van der Waals surface area contributed by atoms with Gasteiger partial charge >= 0.3 is 0 Å². The summed E-state index contributed by atoms with van der Waals surface area (Å²) >= 11 is 12.0. The first-order chi connectivity index (χ1) is 9.63. The van der Waals surface area contributed by atoms with Crippen molar-refractivity contribution < 1.29 is 0 Å². The maximum Gasteiger partial charge on any atom is 0.224 e. The van der Waals surface area contributed by atoms with Gasteiger partial charge in [0, 0.05) is 23.3 Å². The van der Waals surface area contributed by atoms with Crippen molar-refractivity contribution >= 4 is 45.6 Å². The number of hydrogen-bond donors (Lipinski definition) is 1. The van der Waals surface area contributed by atoms with Crippen LogP contribution in [0.3, 0.4) is 0 Å². The van der Waals surface area contributed by atoms with Crippen LogP contribution in [0, 0.1) is 6.92 Å². The Labute approximate surface area is 125 Å². The molecule has 2 heterocycles. The van der Waals surface area contributed by atoms with Crippen LogP contribution in [-0.2, 0) is 0 Å². The minimum Gasteiger partial charge on any atom is -0.338 e. The minimum atomic E-state index is 0.207. The van der Waals surface area contributed by atoms with E-state index in [1.165, 1.54) is 0 Å². The van der Waals surface area contributed by atoms with E-state index in [2.05, 4.69) is 20.3 Å². The third-order valence-electron chi connectivity index (χ3n) is 2.81. The zero-order valence-electron chi connectivity index (χ0n) is 10.6. The monoisotopic (exact) mass is 304 g/mol. The fourth-order valence-electron chi connectivity index (χ4n) is 1.97. The summed E-state index contributed by atoms with van der Waals surface area (Å²) in [6.07, 6.45) is 1.72. The van der Waals surface area contributed by atoms with Crippen molar-refractivity contribution in [3.05, 3.63) is 52.5 Å². The summed E-state index contributed by atoms with van der Waals surface area (Å²) in [6, 6.07) is 9.28. The normalized spacial score (nSPS) is 10.8. The second-order valence-electron chi connectivity index (χ2n) is 4.28. The Bertz CT molecular complexity index is 769. The van der Waals surface area contributed by atoms with Crippen LogP contribution in [0.25, 0.3) is 10.9 Å². The van der Waals surface area contributed by atoms with Gasteiger partial charge in [-0.2, -0.15) is 0 Å². The fourth-order valence-corrected chi connectivity index (χ4v) is 2.41. The summed E-state index contributed by atoms with van der Waals surface area (Å²) in [7, 11) is 0. The average molecular weight is 305 g/mol. The topological polar surface area (TPSA) is 50.7 Å². The molecule has 6 heteroatoms. The van der Waals surface area contributed by atoms with Gasteiger partial charge < -0.3 is 5.32 Å². The molecule has 0 spiro atoms. The first kappa shape index (κ1) is 13.1. The van der Waals surface area contributed by atoms with Gasteiger partial charge in [0.1, 0.15) is 5.82 Å². The van der Waals surface area contributed by atoms with E-state index in [1.807, 2.05) is 37.3 Å². The van der Waals surface area contributed by atoms with E-state index >= 15 is 0 Å². The lowest BCUT2D eigenvalue weighted by Gasteiger charge is -2.10. The van der Waals surface area contributed by atoms with Crippen molar-refractivity contribution in [1.82, 2.24) is 15.0 Å². The Balaban J connectivity index is 2.09. The highest BCUT2D eigenvalue weighted by atomic mass is 35.5. The maximum absolute atomic E-state index is 6.17. The molecule has 0 fully saturated rings. The largest absolute Gasteiger partial charge is 0.338 e. The highest BCUT2D eigenvalue weighted by Crippen LogP contribution is 2.29. The van der Waals surface area contributed by atoms with Gasteiger partial charge in [0.15, 0.2) is 0 Å². The van der Waals surface area contributed by atoms with E-state index in [0.29, 0.717) is 10.8 Å². The molecule has 0 saturated carbocycles. The van der Waals surface area contributed by atoms with Crippen LogP contribution in [0.15, 0.2) is 36.5 Å². The van der Waals surface area contributed by atoms with Crippen LogP contribution >= 0.6 is 23.2 Å². The number of benzene rings is 1. The van der Waals surface area contributed by atoms with Crippen LogP contribution in [0.5, 0.6) is 0 Å². The second-order valence-corrected chi connectivity index (χ2v) is 5.03. The van der Waals surface area contributed by atoms with E-state index in [1.54, 1.807) is 6.20 Å². The maximum atomic E-state index is 6.17. The Morgan fingerprint density at radius 3 is 2.75 bits per heavy atom. The van der Waals surface area contributed by atoms with E-state index in [9.17, 15) is 0 Å². The highest BCUT2D eigenvalue weighted by Gasteiger charge is 2.07. The summed E-state index contributed by atoms with van der Waals surface area (Å²) in [6.45, 7) is 1.86. The van der Waals surface area contributed by atoms with Crippen molar-refractivity contribution in [2.45, 2.75) is 6.92 Å². The van der Waals surface area contributed by atoms with Crippen molar-refractivity contribution in [3.63, 3.8) is 0 Å². The molecule has 0 radical (unpaired) electrons. The Morgan fingerprint density at radius 2 is 1.95 bits per heavy atom. The smallest absolute Gasteiger partial charge is 0.224 e. The van der Waals surface area contributed by atoms with Crippen LogP contribution in [-0.4, -0.2) is 15.0 Å². The van der Waals surface area contributed by atoms with E-state index < -0.39 is 0 Å². The molecule has 4 nitrogen and oxygen atoms in total. The molecule has 1 N–H and O–H groups in total. The molecule has 0 aliphatic rings. The van der Waals surface area contributed by atoms with E-state index in [0.717, 1.165) is 22.3 Å². The first-order valence-electron chi connectivity index (χ1n) is 5.95. The van der Waals surface area contributed by atoms with Crippen LogP contribution in [0.2, 0.25) is 10.3 Å². The number of rotatable bonds is 2. The molecule has 2 aromatic heterocycles. The molecule has 0 atom stereocenters. The van der Waals surface area contributed by atoms with Gasteiger partial charge in [-0.1, -0.05) is 11.6 Å². The second kappa shape index (κ2) is 5.23. The molecular formula is C14H10Cl2N4. The van der Waals surface area contributed by atoms with E-state index in [4.69, 9.17) is 23.2 Å². The number of aryl methyl sites for hydroxylation is 1. The van der Waals surface area contributed by atoms with Crippen LogP contribution < -0.4 is 5.32 Å². The number of aromatic nitrogens is 3. The summed E-state index contributed by atoms with van der Waals surface area (Å²) < 4.78 is 0. The lowest BCUT2D eigenvalue weighted by Crippen LogP contribution is -1.98. The molecule has 0 saturated heterocycles. The van der Waals surface area contributed by atoms with Crippen molar-refractivity contribution in [2.24, 2.45) is 0 Å². The number of anilines is 2. The third-order valence-corrected chi connectivity index (χ3v) is 3.30. The number of nitrogens with zero attached hydrogens (tertiary/aromatic N) is 3. The molecule has 0 amide bonds. The molecule has 20 heavy (non-hydrogen) atoms. The predicted molar refractivity (Wildman–Crippen MR) is 81.8 cm³/mol. The SMILES string of the molecule is Cc1cc(Nc2ccc(Cl)c3cccnc23)nc(Cl)n1. The average Bonchev–Trinajstić information content (AvgIpc) is 2.41. The van der Waals surface area contributed by atoms with Gasteiger partial charge in [-0.25, -0.2) is 9.97 Å². The van der Waals surface area contributed by atoms with Gasteiger partial charge in [0.05, 0.1) is 16.2 Å². The molecule has 3 rings (SSSR count). The van der Waals surface area contributed by atoms with Gasteiger partial charge in [0.25, 0.3) is 0 Å². The lowest BCUT2D eigenvalue weighted by molar-refractivity contribution is 1.10. The highest BCUT2D eigenvalue weighted by molar-refractivity contribution is 6.35. The molecule has 0 bridgehead atoms. The molecule has 1 aromatic carbocycles. The number of pyridine rings is 1. The van der Waals surface area contributed by atoms with Crippen LogP contribution in [0.4, 0.5) is 11.5 Å². The Kier molecular flexibility index (Phi) is 3.42. The Hall–Kier alpha value is -1.91. The molecule has 3 aromatic rings. The molecule has 0 aliphatic heterocycles. The molecular weight excluding hydrogens is 295 g/mol. The lowest BCUT2D eigenvalue weighted by atomic mass is 10.2. The van der Waals surface area contributed by atoms with Crippen molar-refractivity contribution in [3.8, 4) is 0 Å². The standard InChI is InChI=1S/C14H10Cl2N4/c1-8-7-12(20-14(16)18-8)19-11-5-4-10(15)9-3-2-6-17-13(9)11/h2-7H,1H3,(H,18,19,20). The summed E-state index contributed by atoms with van der Waals surface area (Å²) in [5.74, 6) is 0.622. The zero-order chi connectivity index (χ0) is 14.1. The summed E-state index contributed by atoms with van der Waals surface area (Å²) in [5.41, 5.74) is 2.39. The van der Waals surface area contributed by atoms with Gasteiger partial charge in [0.2, 0.25) is 5.28 Å². The summed E-state index contributed by atoms with van der Waals surface area (Å²) in [4.78, 5) is 12.5. The molecule has 100 valence electrons. The zero-order valence-corrected chi connectivity index (χ0v) is 12.1. The fraction of sp³-hybridized carbons (Fsp3) is 0.0714. The number of nitrogens with one attached hydrogen (secondary N) is 1. The first-order valence-corrected chi connectivity index (χ1v) is 6.70. The molecule has 0 unspecified atom stereocenters. The van der Waals surface area contributed by atoms with Gasteiger partial charge in [-0.15, -0.1) is 0 Å². The quantitative estimate of drug-likeness (QED) is 0.714. The number of hydrogen-bond acceptors (Lipinski definition) is 4. The van der Waals surface area contributed by atoms with Crippen molar-refractivity contribution in [2.75, 3.05) is 5.32 Å². The number of fused-ring (bicyclic) bond motifs is 1. The molecule has 0 aliphatic carbocycles. The third kappa shape index (κ3) is 2.53. The van der Waals surface area contributed by atoms with Gasteiger partial charge in [-0.05, 0) is 42.8 Å². The van der Waals surface area contributed by atoms with Crippen LogP contribution in [0.1, 0.15) is 5.69 Å². The minimum absolute atomic E-state index is 0.207. The van der Waals surface area contributed by atoms with E-state index in [-0.39, 0.29) is 5.28 Å². The predicted octanol–water partition coefficient (Wildman–Crippen LogP) is 4.38. The summed E-state index contributed by atoms with van der Waals surface area (Å²) in [5, 5.41) is 4.95. The van der Waals surface area contributed by atoms with Gasteiger partial charge in [-0.3, -0.25) is 4.98 Å².